The minimum absolute atomic E-state index is 0.127. The van der Waals surface area contributed by atoms with E-state index in [0.29, 0.717) is 5.69 Å². The van der Waals surface area contributed by atoms with Gasteiger partial charge in [-0.05, 0) is 25.0 Å². The Morgan fingerprint density at radius 3 is 2.73 bits per heavy atom. The summed E-state index contributed by atoms with van der Waals surface area (Å²) in [5, 5.41) is 18.9. The molecular weight excluding hydrogens is 358 g/mol. The van der Waals surface area contributed by atoms with Gasteiger partial charge >= 0.3 is 0 Å². The third-order valence-corrected chi connectivity index (χ3v) is 5.43. The van der Waals surface area contributed by atoms with Gasteiger partial charge in [0.25, 0.3) is 5.69 Å². The lowest BCUT2D eigenvalue weighted by atomic mass is 10.1. The van der Waals surface area contributed by atoms with Gasteiger partial charge in [-0.15, -0.1) is 0 Å². The van der Waals surface area contributed by atoms with Crippen LogP contribution in [0.15, 0.2) is 23.1 Å². The smallest absolute Gasteiger partial charge is 0.288 e. The molecule has 0 spiro atoms. The van der Waals surface area contributed by atoms with E-state index in [1.165, 1.54) is 18.2 Å². The summed E-state index contributed by atoms with van der Waals surface area (Å²) in [6.07, 6.45) is 2.70. The number of nitrogens with one attached hydrogen (secondary N) is 1. The molecule has 9 nitrogen and oxygen atoms in total. The fraction of sp³-hybridized carbons (Fsp3) is 0.500. The lowest BCUT2D eigenvalue weighted by Crippen LogP contribution is -2.22. The number of aryl methyl sites for hydroxylation is 1. The Labute approximate surface area is 151 Å². The van der Waals surface area contributed by atoms with E-state index in [0.717, 1.165) is 37.3 Å². The van der Waals surface area contributed by atoms with Gasteiger partial charge < -0.3 is 5.32 Å². The van der Waals surface area contributed by atoms with Crippen molar-refractivity contribution < 1.29 is 13.3 Å². The topological polar surface area (TPSA) is 120 Å². The van der Waals surface area contributed by atoms with Gasteiger partial charge in [0.05, 0.1) is 11.0 Å². The zero-order valence-corrected chi connectivity index (χ0v) is 15.7. The molecule has 1 N–H and O–H groups in total. The van der Waals surface area contributed by atoms with E-state index in [9.17, 15) is 18.5 Å². The van der Waals surface area contributed by atoms with Gasteiger partial charge in [-0.1, -0.05) is 13.8 Å². The maximum atomic E-state index is 11.9. The number of benzene rings is 1. The van der Waals surface area contributed by atoms with Gasteiger partial charge in [0.1, 0.15) is 10.7 Å². The summed E-state index contributed by atoms with van der Waals surface area (Å²) in [4.78, 5) is 14.7. The molecule has 3 rings (SSSR count). The van der Waals surface area contributed by atoms with Crippen LogP contribution in [0.25, 0.3) is 0 Å². The van der Waals surface area contributed by atoms with Crippen LogP contribution in [0.2, 0.25) is 0 Å². The van der Waals surface area contributed by atoms with Crippen LogP contribution >= 0.6 is 0 Å². The Morgan fingerprint density at radius 2 is 2.12 bits per heavy atom. The molecule has 0 amide bonds. The zero-order chi connectivity index (χ0) is 19.1. The highest BCUT2D eigenvalue weighted by molar-refractivity contribution is 7.90. The zero-order valence-electron chi connectivity index (χ0n) is 14.8. The molecule has 0 aliphatic carbocycles. The van der Waals surface area contributed by atoms with E-state index in [1.807, 2.05) is 18.5 Å². The van der Waals surface area contributed by atoms with Crippen LogP contribution in [0, 0.1) is 10.1 Å². The predicted molar refractivity (Wildman–Crippen MR) is 95.9 cm³/mol. The monoisotopic (exact) mass is 379 g/mol. The van der Waals surface area contributed by atoms with Gasteiger partial charge in [-0.25, -0.2) is 18.1 Å². The van der Waals surface area contributed by atoms with Crippen LogP contribution in [0.4, 0.5) is 11.4 Å². The quantitative estimate of drug-likeness (QED) is 0.626. The molecule has 1 aromatic carbocycles. The van der Waals surface area contributed by atoms with Crippen molar-refractivity contribution >= 4 is 21.2 Å². The maximum Gasteiger partial charge on any atom is 0.288 e. The molecular formula is C16H21N5O4S. The first kappa shape index (κ1) is 18.3. The third-order valence-electron chi connectivity index (χ3n) is 4.30. The van der Waals surface area contributed by atoms with Crippen molar-refractivity contribution in [3.63, 3.8) is 0 Å². The largest absolute Gasteiger partial charge is 0.375 e. The molecule has 1 aliphatic heterocycles. The number of rotatable bonds is 5. The number of hydrogen-bond acceptors (Lipinski definition) is 7. The van der Waals surface area contributed by atoms with Crippen molar-refractivity contribution in [3.8, 4) is 0 Å². The van der Waals surface area contributed by atoms with E-state index in [-0.39, 0.29) is 16.9 Å². The number of nitrogens with zero attached hydrogens (tertiary/aromatic N) is 4. The normalized spacial score (nSPS) is 17.2. The summed E-state index contributed by atoms with van der Waals surface area (Å²) in [5.74, 6) is 1.79. The standard InChI is InChI=1S/C16H21N5O4S/c1-10(2)15-18-16-12(5-4-8-20(16)19-15)17-11-6-7-13(21(22)23)14(9-11)26(3,24)25/h6-7,9-10,12,17H,4-5,8H2,1-3H3. The lowest BCUT2D eigenvalue weighted by molar-refractivity contribution is -0.387. The Bertz CT molecular complexity index is 952. The Hall–Kier alpha value is -2.49. The van der Waals surface area contributed by atoms with Gasteiger partial charge in [0, 0.05) is 30.5 Å². The highest BCUT2D eigenvalue weighted by Crippen LogP contribution is 2.32. The van der Waals surface area contributed by atoms with E-state index in [2.05, 4.69) is 15.4 Å². The Balaban J connectivity index is 1.95. The van der Waals surface area contributed by atoms with Crippen LogP contribution in [0.1, 0.15) is 50.3 Å². The number of hydrogen-bond donors (Lipinski definition) is 1. The molecule has 0 saturated carbocycles. The molecule has 1 atom stereocenters. The number of fused-ring (bicyclic) bond motifs is 1. The summed E-state index contributed by atoms with van der Waals surface area (Å²) >= 11 is 0. The van der Waals surface area contributed by atoms with Gasteiger partial charge in [0.15, 0.2) is 15.7 Å². The number of anilines is 1. The summed E-state index contributed by atoms with van der Waals surface area (Å²) in [6.45, 7) is 4.85. The first-order chi connectivity index (χ1) is 12.2. The molecule has 0 saturated heterocycles. The van der Waals surface area contributed by atoms with E-state index in [4.69, 9.17) is 0 Å². The highest BCUT2D eigenvalue weighted by Gasteiger charge is 2.27. The predicted octanol–water partition coefficient (Wildman–Crippen LogP) is 2.66. The summed E-state index contributed by atoms with van der Waals surface area (Å²) < 4.78 is 25.7. The summed E-state index contributed by atoms with van der Waals surface area (Å²) in [7, 11) is -3.72. The molecule has 140 valence electrons. The lowest BCUT2D eigenvalue weighted by Gasteiger charge is -2.24. The average Bonchev–Trinajstić information content (AvgIpc) is 2.99. The molecule has 1 unspecified atom stereocenters. The summed E-state index contributed by atoms with van der Waals surface area (Å²) in [6, 6.07) is 3.92. The first-order valence-electron chi connectivity index (χ1n) is 8.36. The van der Waals surface area contributed by atoms with Gasteiger partial charge in [-0.2, -0.15) is 5.10 Å². The SMILES string of the molecule is CC(C)c1nc2n(n1)CCCC2Nc1ccc([N+](=O)[O-])c(S(C)(=O)=O)c1. The van der Waals surface area contributed by atoms with Crippen molar-refractivity contribution in [2.75, 3.05) is 11.6 Å². The fourth-order valence-electron chi connectivity index (χ4n) is 3.00. The van der Waals surface area contributed by atoms with Crippen LogP contribution in [-0.2, 0) is 16.4 Å². The number of sulfone groups is 1. The van der Waals surface area contributed by atoms with Gasteiger partial charge in [-0.3, -0.25) is 10.1 Å². The molecule has 10 heteroatoms. The molecule has 26 heavy (non-hydrogen) atoms. The number of nitro groups is 1. The van der Waals surface area contributed by atoms with Crippen molar-refractivity contribution in [2.45, 2.75) is 50.1 Å². The maximum absolute atomic E-state index is 11.9. The average molecular weight is 379 g/mol. The first-order valence-corrected chi connectivity index (χ1v) is 10.3. The van der Waals surface area contributed by atoms with Crippen molar-refractivity contribution in [1.82, 2.24) is 14.8 Å². The second-order valence-electron chi connectivity index (χ2n) is 6.76. The minimum atomic E-state index is -3.72. The van der Waals surface area contributed by atoms with Crippen molar-refractivity contribution in [1.29, 1.82) is 0 Å². The van der Waals surface area contributed by atoms with Crippen molar-refractivity contribution in [3.05, 3.63) is 40.0 Å². The second-order valence-corrected chi connectivity index (χ2v) is 8.74. The Kier molecular flexibility index (Phi) is 4.70. The highest BCUT2D eigenvalue weighted by atomic mass is 32.2. The molecule has 2 heterocycles. The molecule has 0 radical (unpaired) electrons. The molecule has 0 bridgehead atoms. The molecule has 1 aromatic heterocycles. The Morgan fingerprint density at radius 1 is 1.38 bits per heavy atom. The van der Waals surface area contributed by atoms with E-state index >= 15 is 0 Å². The minimum Gasteiger partial charge on any atom is -0.375 e. The summed E-state index contributed by atoms with van der Waals surface area (Å²) in [5.41, 5.74) is 0.0792. The van der Waals surface area contributed by atoms with Crippen LogP contribution in [0.5, 0.6) is 0 Å². The van der Waals surface area contributed by atoms with Crippen LogP contribution < -0.4 is 5.32 Å². The van der Waals surface area contributed by atoms with Crippen molar-refractivity contribution in [2.24, 2.45) is 0 Å². The second kappa shape index (κ2) is 6.67. The molecule has 1 aliphatic rings. The van der Waals surface area contributed by atoms with Crippen LogP contribution in [-0.4, -0.2) is 34.4 Å². The van der Waals surface area contributed by atoms with E-state index in [1.54, 1.807) is 0 Å². The number of aromatic nitrogens is 3. The van der Waals surface area contributed by atoms with Crippen LogP contribution in [0.3, 0.4) is 0 Å². The third kappa shape index (κ3) is 3.55. The molecule has 0 fully saturated rings. The number of nitro benzene ring substituents is 1. The van der Waals surface area contributed by atoms with Gasteiger partial charge in [0.2, 0.25) is 0 Å². The fourth-order valence-corrected chi connectivity index (χ4v) is 3.87. The molecule has 2 aromatic rings. The van der Waals surface area contributed by atoms with E-state index < -0.39 is 20.4 Å².